The maximum atomic E-state index is 11.6. The van der Waals surface area contributed by atoms with Crippen LogP contribution >= 0.6 is 11.6 Å². The van der Waals surface area contributed by atoms with Gasteiger partial charge in [-0.25, -0.2) is 12.7 Å². The van der Waals surface area contributed by atoms with Gasteiger partial charge in [-0.1, -0.05) is 29.8 Å². The van der Waals surface area contributed by atoms with Crippen molar-refractivity contribution in [2.75, 3.05) is 31.7 Å². The van der Waals surface area contributed by atoms with Gasteiger partial charge in [0.25, 0.3) is 0 Å². The number of sulfonamides is 1. The van der Waals surface area contributed by atoms with E-state index in [1.54, 1.807) is 18.2 Å². The maximum Gasteiger partial charge on any atom is 0.215 e. The molecule has 0 aliphatic rings. The molecular formula is C14H17ClN4O2S. The van der Waals surface area contributed by atoms with Gasteiger partial charge in [0.1, 0.15) is 5.82 Å². The molecule has 0 spiro atoms. The highest BCUT2D eigenvalue weighted by Gasteiger charge is 2.12. The van der Waals surface area contributed by atoms with Gasteiger partial charge in [0.15, 0.2) is 0 Å². The summed E-state index contributed by atoms with van der Waals surface area (Å²) in [5.74, 6) is 0.512. The first-order valence-corrected chi connectivity index (χ1v) is 8.61. The van der Waals surface area contributed by atoms with Crippen molar-refractivity contribution in [3.05, 3.63) is 41.4 Å². The molecule has 1 heterocycles. The zero-order valence-corrected chi connectivity index (χ0v) is 13.9. The lowest BCUT2D eigenvalue weighted by molar-refractivity contribution is 0.521. The molecule has 0 radical (unpaired) electrons. The molecule has 8 heteroatoms. The minimum Gasteiger partial charge on any atom is -0.368 e. The molecule has 1 aromatic carbocycles. The van der Waals surface area contributed by atoms with Crippen molar-refractivity contribution in [3.8, 4) is 11.3 Å². The summed E-state index contributed by atoms with van der Waals surface area (Å²) in [7, 11) is -0.205. The Bertz CT molecular complexity index is 733. The Hall–Kier alpha value is -1.70. The molecule has 118 valence electrons. The number of hydrogen-bond acceptors (Lipinski definition) is 5. The number of aromatic nitrogens is 2. The molecule has 2 aromatic rings. The maximum absolute atomic E-state index is 11.6. The monoisotopic (exact) mass is 340 g/mol. The van der Waals surface area contributed by atoms with Gasteiger partial charge in [-0.3, -0.25) is 0 Å². The summed E-state index contributed by atoms with van der Waals surface area (Å²) < 4.78 is 24.5. The van der Waals surface area contributed by atoms with Crippen LogP contribution in [0.15, 0.2) is 36.4 Å². The first-order valence-electron chi connectivity index (χ1n) is 6.63. The summed E-state index contributed by atoms with van der Waals surface area (Å²) in [5.41, 5.74) is 1.47. The molecule has 0 saturated heterocycles. The number of rotatable bonds is 6. The standard InChI is InChI=1S/C14H17ClN4O2S/c1-19(2)22(20,21)10-9-16-14-8-7-13(17-18-14)11-5-3-4-6-12(11)15/h3-8H,9-10H2,1-2H3,(H,16,18). The molecule has 0 bridgehead atoms. The summed E-state index contributed by atoms with van der Waals surface area (Å²) in [4.78, 5) is 0. The van der Waals surface area contributed by atoms with Gasteiger partial charge in [0.2, 0.25) is 10.0 Å². The lowest BCUT2D eigenvalue weighted by atomic mass is 10.1. The number of benzene rings is 1. The van der Waals surface area contributed by atoms with Crippen LogP contribution in [-0.2, 0) is 10.0 Å². The van der Waals surface area contributed by atoms with Gasteiger partial charge in [-0.05, 0) is 18.2 Å². The van der Waals surface area contributed by atoms with E-state index in [4.69, 9.17) is 11.6 Å². The molecule has 0 amide bonds. The van der Waals surface area contributed by atoms with Crippen LogP contribution in [0.4, 0.5) is 5.82 Å². The summed E-state index contributed by atoms with van der Waals surface area (Å²) >= 11 is 6.11. The first kappa shape index (κ1) is 16.7. The van der Waals surface area contributed by atoms with Crippen LogP contribution in [0.3, 0.4) is 0 Å². The third-order valence-corrected chi connectivity index (χ3v) is 5.20. The smallest absolute Gasteiger partial charge is 0.215 e. The Kier molecular flexibility index (Phi) is 5.33. The molecule has 0 fully saturated rings. The molecular weight excluding hydrogens is 324 g/mol. The lowest BCUT2D eigenvalue weighted by Gasteiger charge is -2.11. The summed E-state index contributed by atoms with van der Waals surface area (Å²) in [6, 6.07) is 10.9. The van der Waals surface area contributed by atoms with Crippen LogP contribution < -0.4 is 5.32 Å². The predicted molar refractivity (Wildman–Crippen MR) is 88.4 cm³/mol. The zero-order chi connectivity index (χ0) is 16.2. The fraction of sp³-hybridized carbons (Fsp3) is 0.286. The predicted octanol–water partition coefficient (Wildman–Crippen LogP) is 2.10. The molecule has 0 aliphatic heterocycles. The highest BCUT2D eigenvalue weighted by molar-refractivity contribution is 7.89. The van der Waals surface area contributed by atoms with Crippen molar-refractivity contribution in [1.29, 1.82) is 0 Å². The second kappa shape index (κ2) is 7.04. The van der Waals surface area contributed by atoms with Gasteiger partial charge in [0.05, 0.1) is 16.5 Å². The minimum atomic E-state index is -3.22. The average Bonchev–Trinajstić information content (AvgIpc) is 2.48. The van der Waals surface area contributed by atoms with E-state index in [9.17, 15) is 8.42 Å². The van der Waals surface area contributed by atoms with Crippen LogP contribution in [0.1, 0.15) is 0 Å². The molecule has 0 unspecified atom stereocenters. The van der Waals surface area contributed by atoms with Crippen molar-refractivity contribution in [2.45, 2.75) is 0 Å². The normalized spacial score (nSPS) is 11.6. The SMILES string of the molecule is CN(C)S(=O)(=O)CCNc1ccc(-c2ccccc2Cl)nn1. The molecule has 0 atom stereocenters. The summed E-state index contributed by atoms with van der Waals surface area (Å²) in [6.07, 6.45) is 0. The second-order valence-corrected chi connectivity index (χ2v) is 7.52. The topological polar surface area (TPSA) is 75.2 Å². The second-order valence-electron chi connectivity index (χ2n) is 4.81. The third-order valence-electron chi connectivity index (χ3n) is 3.04. The minimum absolute atomic E-state index is 0.00601. The fourth-order valence-electron chi connectivity index (χ4n) is 1.73. The first-order chi connectivity index (χ1) is 10.4. The van der Waals surface area contributed by atoms with E-state index >= 15 is 0 Å². The molecule has 0 aliphatic carbocycles. The van der Waals surface area contributed by atoms with Gasteiger partial charge in [-0.15, -0.1) is 10.2 Å². The molecule has 1 aromatic heterocycles. The Labute approximate surface area is 135 Å². The summed E-state index contributed by atoms with van der Waals surface area (Å²) in [6.45, 7) is 0.265. The van der Waals surface area contributed by atoms with Crippen LogP contribution in [0.2, 0.25) is 5.02 Å². The number of nitrogens with zero attached hydrogens (tertiary/aromatic N) is 3. The molecule has 2 rings (SSSR count). The van der Waals surface area contributed by atoms with Gasteiger partial charge in [-0.2, -0.15) is 0 Å². The van der Waals surface area contributed by atoms with Crippen molar-refractivity contribution in [1.82, 2.24) is 14.5 Å². The molecule has 1 N–H and O–H groups in total. The third kappa shape index (κ3) is 4.16. The molecule has 0 saturated carbocycles. The largest absolute Gasteiger partial charge is 0.368 e. The molecule has 6 nitrogen and oxygen atoms in total. The number of halogens is 1. The summed E-state index contributed by atoms with van der Waals surface area (Å²) in [5, 5.41) is 11.7. The van der Waals surface area contributed by atoms with E-state index in [2.05, 4.69) is 15.5 Å². The lowest BCUT2D eigenvalue weighted by Crippen LogP contribution is -2.28. The fourth-order valence-corrected chi connectivity index (χ4v) is 2.69. The average molecular weight is 341 g/mol. The Balaban J connectivity index is 2.00. The zero-order valence-electron chi connectivity index (χ0n) is 12.3. The Morgan fingerprint density at radius 3 is 2.45 bits per heavy atom. The number of anilines is 1. The highest BCUT2D eigenvalue weighted by atomic mass is 35.5. The number of hydrogen-bond donors (Lipinski definition) is 1. The highest BCUT2D eigenvalue weighted by Crippen LogP contribution is 2.25. The quantitative estimate of drug-likeness (QED) is 0.871. The van der Waals surface area contributed by atoms with Crippen molar-refractivity contribution >= 4 is 27.4 Å². The van der Waals surface area contributed by atoms with Crippen molar-refractivity contribution in [3.63, 3.8) is 0 Å². The van der Waals surface area contributed by atoms with Gasteiger partial charge >= 0.3 is 0 Å². The Morgan fingerprint density at radius 2 is 1.86 bits per heavy atom. The Morgan fingerprint density at radius 1 is 1.14 bits per heavy atom. The van der Waals surface area contributed by atoms with E-state index in [0.29, 0.717) is 16.5 Å². The number of nitrogens with one attached hydrogen (secondary N) is 1. The van der Waals surface area contributed by atoms with E-state index in [1.165, 1.54) is 18.4 Å². The van der Waals surface area contributed by atoms with Gasteiger partial charge < -0.3 is 5.32 Å². The van der Waals surface area contributed by atoms with Gasteiger partial charge in [0, 0.05) is 26.2 Å². The van der Waals surface area contributed by atoms with E-state index in [0.717, 1.165) is 5.56 Å². The van der Waals surface area contributed by atoms with Crippen molar-refractivity contribution < 1.29 is 8.42 Å². The van der Waals surface area contributed by atoms with E-state index < -0.39 is 10.0 Å². The van der Waals surface area contributed by atoms with Crippen LogP contribution in [-0.4, -0.2) is 49.3 Å². The van der Waals surface area contributed by atoms with Crippen LogP contribution in [0.25, 0.3) is 11.3 Å². The van der Waals surface area contributed by atoms with Crippen LogP contribution in [0.5, 0.6) is 0 Å². The van der Waals surface area contributed by atoms with Crippen LogP contribution in [0, 0.1) is 0 Å². The van der Waals surface area contributed by atoms with E-state index in [-0.39, 0.29) is 12.3 Å². The van der Waals surface area contributed by atoms with E-state index in [1.807, 2.05) is 18.2 Å². The van der Waals surface area contributed by atoms with Crippen molar-refractivity contribution in [2.24, 2.45) is 0 Å². The molecule has 22 heavy (non-hydrogen) atoms.